The van der Waals surface area contributed by atoms with Crippen LogP contribution in [0.4, 0.5) is 0 Å². The summed E-state index contributed by atoms with van der Waals surface area (Å²) in [7, 11) is 0. The van der Waals surface area contributed by atoms with Gasteiger partial charge in [-0.25, -0.2) is 0 Å². The largest absolute Gasteiger partial charge is 1.00 e. The van der Waals surface area contributed by atoms with Crippen LogP contribution in [0.25, 0.3) is 0 Å². The van der Waals surface area contributed by atoms with Crippen LogP contribution in [0.2, 0.25) is 0 Å². The van der Waals surface area contributed by atoms with Gasteiger partial charge in [-0.2, -0.15) is 0 Å². The third kappa shape index (κ3) is 20.3. The fourth-order valence-electron chi connectivity index (χ4n) is 1.44. The molecule has 0 saturated heterocycles. The second-order valence-electron chi connectivity index (χ2n) is 3.91. The fourth-order valence-corrected chi connectivity index (χ4v) is 1.44. The minimum absolute atomic E-state index is 0. The quantitative estimate of drug-likeness (QED) is 0.305. The molecular formula is C10H12CuN2Na2O8-. The number of hydrogen-bond donors (Lipinski definition) is 0. The average molecular weight is 398 g/mol. The van der Waals surface area contributed by atoms with Gasteiger partial charge in [0.25, 0.3) is 0 Å². The summed E-state index contributed by atoms with van der Waals surface area (Å²) >= 11 is 0. The molecule has 0 heterocycles. The van der Waals surface area contributed by atoms with Crippen LogP contribution < -0.4 is 79.5 Å². The normalized spacial score (nSPS) is 9.30. The Morgan fingerprint density at radius 3 is 0.870 bits per heavy atom. The molecule has 0 aromatic carbocycles. The molecule has 13 heteroatoms. The number of hydrogen-bond acceptors (Lipinski definition) is 10. The SMILES string of the molecule is O=C([O-])CN(CCN(CC(=O)[O-])CC(=O)[O-])CC(=O)[O-].[Cu+].[Na+].[Na+]. The number of aliphatic carboxylic acids is 4. The summed E-state index contributed by atoms with van der Waals surface area (Å²) in [4.78, 5) is 43.4. The van der Waals surface area contributed by atoms with Gasteiger partial charge >= 0.3 is 76.2 Å². The summed E-state index contributed by atoms with van der Waals surface area (Å²) < 4.78 is 0. The van der Waals surface area contributed by atoms with Crippen LogP contribution in [0.15, 0.2) is 0 Å². The smallest absolute Gasteiger partial charge is 0.549 e. The van der Waals surface area contributed by atoms with E-state index in [1.807, 2.05) is 0 Å². The van der Waals surface area contributed by atoms with Gasteiger partial charge in [0, 0.05) is 39.3 Å². The van der Waals surface area contributed by atoms with Gasteiger partial charge in [0.15, 0.2) is 0 Å². The van der Waals surface area contributed by atoms with Crippen molar-refractivity contribution in [3.8, 4) is 0 Å². The molecule has 0 N–H and O–H groups in total. The van der Waals surface area contributed by atoms with Crippen molar-refractivity contribution < 1.29 is 116 Å². The molecule has 0 atom stereocenters. The molecule has 10 nitrogen and oxygen atoms in total. The van der Waals surface area contributed by atoms with Crippen LogP contribution in [-0.4, -0.2) is 72.9 Å². The predicted octanol–water partition coefficient (Wildman–Crippen LogP) is -13.4. The number of carbonyl (C=O) groups excluding carboxylic acids is 4. The second-order valence-corrected chi connectivity index (χ2v) is 3.91. The number of rotatable bonds is 11. The Labute approximate surface area is 187 Å². The molecule has 0 unspecified atom stereocenters. The van der Waals surface area contributed by atoms with Crippen LogP contribution in [0.3, 0.4) is 0 Å². The first-order valence-electron chi connectivity index (χ1n) is 5.44. The molecule has 0 spiro atoms. The molecule has 0 fully saturated rings. The van der Waals surface area contributed by atoms with E-state index in [0.717, 1.165) is 9.80 Å². The maximum absolute atomic E-state index is 10.4. The molecule has 0 aliphatic rings. The van der Waals surface area contributed by atoms with Crippen molar-refractivity contribution in [2.75, 3.05) is 39.3 Å². The van der Waals surface area contributed by atoms with Gasteiger partial charge in [-0.05, 0) is 0 Å². The first-order valence-corrected chi connectivity index (χ1v) is 5.44. The first-order chi connectivity index (χ1) is 9.20. The third-order valence-corrected chi connectivity index (χ3v) is 2.14. The van der Waals surface area contributed by atoms with Crippen molar-refractivity contribution in [2.45, 2.75) is 0 Å². The molecule has 0 radical (unpaired) electrons. The predicted molar refractivity (Wildman–Crippen MR) is 52.9 cm³/mol. The van der Waals surface area contributed by atoms with E-state index in [0.29, 0.717) is 0 Å². The molecular weight excluding hydrogens is 386 g/mol. The van der Waals surface area contributed by atoms with Gasteiger partial charge in [0.2, 0.25) is 0 Å². The molecule has 0 bridgehead atoms. The minimum atomic E-state index is -1.53. The number of nitrogens with zero attached hydrogens (tertiary/aromatic N) is 2. The molecule has 0 aromatic heterocycles. The zero-order valence-corrected chi connectivity index (χ0v) is 17.6. The molecule has 0 aromatic rings. The summed E-state index contributed by atoms with van der Waals surface area (Å²) in [6.45, 7) is -3.25. The Hall–Kier alpha value is 0.319. The molecule has 0 amide bonds. The van der Waals surface area contributed by atoms with Crippen molar-refractivity contribution in [1.82, 2.24) is 9.80 Å². The van der Waals surface area contributed by atoms with Gasteiger partial charge in [0.1, 0.15) is 0 Å². The van der Waals surface area contributed by atoms with Crippen molar-refractivity contribution in [1.29, 1.82) is 0 Å². The summed E-state index contributed by atoms with van der Waals surface area (Å²) in [5.41, 5.74) is 0. The second kappa shape index (κ2) is 17.2. The zero-order valence-electron chi connectivity index (χ0n) is 12.7. The summed E-state index contributed by atoms with van der Waals surface area (Å²) in [6.07, 6.45) is 0. The monoisotopic (exact) mass is 397 g/mol. The maximum atomic E-state index is 10.4. The van der Waals surface area contributed by atoms with E-state index in [1.165, 1.54) is 0 Å². The van der Waals surface area contributed by atoms with Crippen molar-refractivity contribution in [2.24, 2.45) is 0 Å². The van der Waals surface area contributed by atoms with E-state index in [-0.39, 0.29) is 89.3 Å². The van der Waals surface area contributed by atoms with E-state index in [4.69, 9.17) is 0 Å². The van der Waals surface area contributed by atoms with Crippen molar-refractivity contribution in [3.63, 3.8) is 0 Å². The molecule has 124 valence electrons. The fraction of sp³-hybridized carbons (Fsp3) is 0.600. The van der Waals surface area contributed by atoms with E-state index in [1.54, 1.807) is 0 Å². The van der Waals surface area contributed by atoms with Crippen LogP contribution in [0, 0.1) is 0 Å². The van der Waals surface area contributed by atoms with Gasteiger partial charge in [-0.15, -0.1) is 0 Å². The summed E-state index contributed by atoms with van der Waals surface area (Å²) in [6, 6.07) is 0. The van der Waals surface area contributed by atoms with Crippen LogP contribution in [0.5, 0.6) is 0 Å². The van der Waals surface area contributed by atoms with Crippen LogP contribution in [-0.2, 0) is 36.2 Å². The van der Waals surface area contributed by atoms with Crippen molar-refractivity contribution >= 4 is 23.9 Å². The molecule has 0 rings (SSSR count). The zero-order chi connectivity index (χ0) is 15.7. The molecule has 0 aliphatic carbocycles. The molecule has 0 aliphatic heterocycles. The topological polar surface area (TPSA) is 167 Å². The maximum Gasteiger partial charge on any atom is 1.00 e. The summed E-state index contributed by atoms with van der Waals surface area (Å²) in [5.74, 6) is -6.12. The van der Waals surface area contributed by atoms with Gasteiger partial charge < -0.3 is 39.6 Å². The minimum Gasteiger partial charge on any atom is -0.549 e. The Balaban J connectivity index is -0.000000602. The third-order valence-electron chi connectivity index (χ3n) is 2.14. The van der Waals surface area contributed by atoms with E-state index >= 15 is 0 Å². The van der Waals surface area contributed by atoms with Gasteiger partial charge in [0.05, 0.1) is 23.9 Å². The number of carboxylic acids is 4. The van der Waals surface area contributed by atoms with E-state index in [2.05, 4.69) is 0 Å². The number of carboxylic acid groups (broad SMARTS) is 4. The van der Waals surface area contributed by atoms with Gasteiger partial charge in [-0.1, -0.05) is 0 Å². The molecule has 23 heavy (non-hydrogen) atoms. The van der Waals surface area contributed by atoms with E-state index in [9.17, 15) is 39.6 Å². The van der Waals surface area contributed by atoms with Gasteiger partial charge in [-0.3, -0.25) is 9.80 Å². The Bertz CT molecular complexity index is 331. The number of carbonyl (C=O) groups is 4. The Morgan fingerprint density at radius 2 is 0.739 bits per heavy atom. The Kier molecular flexibility index (Phi) is 23.2. The average Bonchev–Trinajstić information content (AvgIpc) is 2.22. The van der Waals surface area contributed by atoms with Crippen LogP contribution >= 0.6 is 0 Å². The first kappa shape index (κ1) is 31.1. The standard InChI is InChI=1S/C10H16N2O8.Cu.2Na/c13-7(14)3-11(4-8(15)16)1-2-12(5-9(17)18)6-10(19)20;;;/h1-6H2,(H,13,14)(H,15,16)(H,17,18)(H,19,20);;;/q;3*+1/p-4. The molecule has 0 saturated carbocycles. The van der Waals surface area contributed by atoms with Crippen molar-refractivity contribution in [3.05, 3.63) is 0 Å². The van der Waals surface area contributed by atoms with Crippen LogP contribution in [0.1, 0.15) is 0 Å². The Morgan fingerprint density at radius 1 is 0.565 bits per heavy atom. The van der Waals surface area contributed by atoms with E-state index < -0.39 is 50.1 Å². The summed E-state index contributed by atoms with van der Waals surface area (Å²) in [5, 5.41) is 41.6.